The standard InChI is InChI=1S/C14H30N2O2/c1-13(2,3)15-8-5-9-16(4)12-14(17)6-10-18-11-7-14/h15,17H,5-12H2,1-4H3. The van der Waals surface area contributed by atoms with E-state index in [1.165, 1.54) is 0 Å². The second-order valence-electron chi connectivity index (χ2n) is 6.60. The highest BCUT2D eigenvalue weighted by Gasteiger charge is 2.30. The van der Waals surface area contributed by atoms with Crippen LogP contribution in [0.2, 0.25) is 0 Å². The fourth-order valence-corrected chi connectivity index (χ4v) is 2.30. The first kappa shape index (κ1) is 15.9. The van der Waals surface area contributed by atoms with Gasteiger partial charge in [-0.3, -0.25) is 0 Å². The number of nitrogens with one attached hydrogen (secondary N) is 1. The zero-order chi connectivity index (χ0) is 13.6. The van der Waals surface area contributed by atoms with Crippen molar-refractivity contribution in [2.45, 2.75) is 51.2 Å². The zero-order valence-electron chi connectivity index (χ0n) is 12.5. The summed E-state index contributed by atoms with van der Waals surface area (Å²) in [6.45, 7) is 10.7. The first-order chi connectivity index (χ1) is 8.31. The largest absolute Gasteiger partial charge is 0.388 e. The van der Waals surface area contributed by atoms with Crippen LogP contribution in [0.5, 0.6) is 0 Å². The molecule has 2 N–H and O–H groups in total. The van der Waals surface area contributed by atoms with E-state index >= 15 is 0 Å². The van der Waals surface area contributed by atoms with Crippen LogP contribution in [0.3, 0.4) is 0 Å². The number of hydrogen-bond acceptors (Lipinski definition) is 4. The van der Waals surface area contributed by atoms with Crippen molar-refractivity contribution in [1.29, 1.82) is 0 Å². The van der Waals surface area contributed by atoms with Crippen molar-refractivity contribution >= 4 is 0 Å². The second-order valence-corrected chi connectivity index (χ2v) is 6.60. The van der Waals surface area contributed by atoms with Crippen LogP contribution in [0.15, 0.2) is 0 Å². The highest BCUT2D eigenvalue weighted by molar-refractivity contribution is 4.84. The molecule has 0 spiro atoms. The molecule has 1 aliphatic rings. The van der Waals surface area contributed by atoms with Crippen molar-refractivity contribution in [3.8, 4) is 0 Å². The Hall–Kier alpha value is -0.160. The van der Waals surface area contributed by atoms with E-state index in [0.29, 0.717) is 13.2 Å². The van der Waals surface area contributed by atoms with Gasteiger partial charge in [0.25, 0.3) is 0 Å². The average molecular weight is 258 g/mol. The van der Waals surface area contributed by atoms with Crippen molar-refractivity contribution in [2.75, 3.05) is 39.9 Å². The molecule has 18 heavy (non-hydrogen) atoms. The van der Waals surface area contributed by atoms with E-state index in [-0.39, 0.29) is 5.54 Å². The second kappa shape index (κ2) is 6.85. The molecule has 0 aliphatic carbocycles. The maximum atomic E-state index is 10.4. The molecule has 1 saturated heterocycles. The number of rotatable bonds is 6. The number of ether oxygens (including phenoxy) is 1. The zero-order valence-corrected chi connectivity index (χ0v) is 12.5. The van der Waals surface area contributed by atoms with Crippen molar-refractivity contribution < 1.29 is 9.84 Å². The Bertz CT molecular complexity index is 232. The van der Waals surface area contributed by atoms with Gasteiger partial charge < -0.3 is 20.1 Å². The molecule has 0 radical (unpaired) electrons. The molecular formula is C14H30N2O2. The summed E-state index contributed by atoms with van der Waals surface area (Å²) in [6.07, 6.45) is 2.63. The van der Waals surface area contributed by atoms with Gasteiger partial charge in [-0.2, -0.15) is 0 Å². The minimum absolute atomic E-state index is 0.192. The van der Waals surface area contributed by atoms with Gasteiger partial charge in [0.05, 0.1) is 5.60 Å². The molecule has 0 saturated carbocycles. The summed E-state index contributed by atoms with van der Waals surface area (Å²) in [7, 11) is 2.09. The van der Waals surface area contributed by atoms with Crippen molar-refractivity contribution in [2.24, 2.45) is 0 Å². The normalized spacial score (nSPS) is 20.3. The third-order valence-corrected chi connectivity index (χ3v) is 3.36. The summed E-state index contributed by atoms with van der Waals surface area (Å²) in [5, 5.41) is 13.9. The molecule has 0 atom stereocenters. The van der Waals surface area contributed by atoms with Crippen LogP contribution in [0.25, 0.3) is 0 Å². The van der Waals surface area contributed by atoms with E-state index in [2.05, 4.69) is 38.0 Å². The van der Waals surface area contributed by atoms with Crippen LogP contribution in [-0.4, -0.2) is 61.0 Å². The first-order valence-electron chi connectivity index (χ1n) is 7.04. The molecule has 1 rings (SSSR count). The van der Waals surface area contributed by atoms with E-state index in [9.17, 15) is 5.11 Å². The lowest BCUT2D eigenvalue weighted by atomic mass is 9.94. The Morgan fingerprint density at radius 2 is 1.89 bits per heavy atom. The summed E-state index contributed by atoms with van der Waals surface area (Å²) < 4.78 is 5.29. The Balaban J connectivity index is 2.15. The lowest BCUT2D eigenvalue weighted by Crippen LogP contribution is -2.46. The van der Waals surface area contributed by atoms with E-state index < -0.39 is 5.60 Å². The minimum Gasteiger partial charge on any atom is -0.388 e. The van der Waals surface area contributed by atoms with Gasteiger partial charge in [-0.1, -0.05) is 0 Å². The number of aliphatic hydroxyl groups is 1. The highest BCUT2D eigenvalue weighted by Crippen LogP contribution is 2.21. The molecule has 4 nitrogen and oxygen atoms in total. The lowest BCUT2D eigenvalue weighted by Gasteiger charge is -2.35. The Morgan fingerprint density at radius 1 is 1.28 bits per heavy atom. The van der Waals surface area contributed by atoms with E-state index in [1.807, 2.05) is 0 Å². The quantitative estimate of drug-likeness (QED) is 0.704. The van der Waals surface area contributed by atoms with Gasteiger partial charge in [-0.15, -0.1) is 0 Å². The Labute approximate surface area is 112 Å². The molecule has 0 unspecified atom stereocenters. The van der Waals surface area contributed by atoms with Crippen LogP contribution in [0, 0.1) is 0 Å². The van der Waals surface area contributed by atoms with Crippen LogP contribution < -0.4 is 5.32 Å². The molecule has 0 aromatic carbocycles. The highest BCUT2D eigenvalue weighted by atomic mass is 16.5. The number of likely N-dealkylation sites (N-methyl/N-ethyl adjacent to an activating group) is 1. The lowest BCUT2D eigenvalue weighted by molar-refractivity contribution is -0.0768. The third-order valence-electron chi connectivity index (χ3n) is 3.36. The topological polar surface area (TPSA) is 44.7 Å². The minimum atomic E-state index is -0.537. The molecule has 1 fully saturated rings. The molecule has 4 heteroatoms. The molecule has 0 bridgehead atoms. The molecule has 0 amide bonds. The van der Waals surface area contributed by atoms with Crippen LogP contribution in [0.4, 0.5) is 0 Å². The number of nitrogens with zero attached hydrogens (tertiary/aromatic N) is 1. The maximum Gasteiger partial charge on any atom is 0.0817 e. The van der Waals surface area contributed by atoms with Crippen molar-refractivity contribution in [1.82, 2.24) is 10.2 Å². The van der Waals surface area contributed by atoms with Gasteiger partial charge in [-0.05, 0) is 47.3 Å². The van der Waals surface area contributed by atoms with E-state index in [0.717, 1.165) is 38.9 Å². The molecule has 0 aromatic rings. The van der Waals surface area contributed by atoms with Gasteiger partial charge in [-0.25, -0.2) is 0 Å². The van der Waals surface area contributed by atoms with Crippen LogP contribution >= 0.6 is 0 Å². The van der Waals surface area contributed by atoms with Gasteiger partial charge in [0.15, 0.2) is 0 Å². The summed E-state index contributed by atoms with van der Waals surface area (Å²) >= 11 is 0. The Morgan fingerprint density at radius 3 is 2.44 bits per heavy atom. The van der Waals surface area contributed by atoms with Gasteiger partial charge in [0.2, 0.25) is 0 Å². The third kappa shape index (κ3) is 6.69. The predicted octanol–water partition coefficient (Wildman–Crippen LogP) is 1.24. The summed E-state index contributed by atoms with van der Waals surface area (Å²) in [5.41, 5.74) is -0.345. The summed E-state index contributed by atoms with van der Waals surface area (Å²) in [4.78, 5) is 2.23. The fraction of sp³-hybridized carbons (Fsp3) is 1.00. The van der Waals surface area contributed by atoms with Crippen LogP contribution in [-0.2, 0) is 4.74 Å². The average Bonchev–Trinajstić information content (AvgIpc) is 2.23. The number of hydrogen-bond donors (Lipinski definition) is 2. The summed E-state index contributed by atoms with van der Waals surface area (Å²) in [6, 6.07) is 0. The van der Waals surface area contributed by atoms with E-state index in [1.54, 1.807) is 0 Å². The summed E-state index contributed by atoms with van der Waals surface area (Å²) in [5.74, 6) is 0. The van der Waals surface area contributed by atoms with Crippen molar-refractivity contribution in [3.05, 3.63) is 0 Å². The molecule has 0 aromatic heterocycles. The fourth-order valence-electron chi connectivity index (χ4n) is 2.30. The monoisotopic (exact) mass is 258 g/mol. The predicted molar refractivity (Wildman–Crippen MR) is 74.9 cm³/mol. The molecule has 108 valence electrons. The van der Waals surface area contributed by atoms with Gasteiger partial charge >= 0.3 is 0 Å². The first-order valence-corrected chi connectivity index (χ1v) is 7.04. The SMILES string of the molecule is CN(CCCNC(C)(C)C)CC1(O)CCOCC1. The van der Waals surface area contributed by atoms with Crippen LogP contribution in [0.1, 0.15) is 40.0 Å². The molecular weight excluding hydrogens is 228 g/mol. The van der Waals surface area contributed by atoms with Gasteiger partial charge in [0, 0.05) is 38.1 Å². The smallest absolute Gasteiger partial charge is 0.0817 e. The van der Waals surface area contributed by atoms with E-state index in [4.69, 9.17) is 4.74 Å². The van der Waals surface area contributed by atoms with Crippen molar-refractivity contribution in [3.63, 3.8) is 0 Å². The molecule has 1 heterocycles. The molecule has 1 aliphatic heterocycles. The Kier molecular flexibility index (Phi) is 6.05. The maximum absolute atomic E-state index is 10.4. The van der Waals surface area contributed by atoms with Gasteiger partial charge in [0.1, 0.15) is 0 Å².